The van der Waals surface area contributed by atoms with Crippen LogP contribution in [0.15, 0.2) is 42.9 Å². The summed E-state index contributed by atoms with van der Waals surface area (Å²) in [4.78, 5) is 8.02. The van der Waals surface area contributed by atoms with Gasteiger partial charge < -0.3 is 15.2 Å². The molecule has 0 aliphatic heterocycles. The van der Waals surface area contributed by atoms with Gasteiger partial charge in [0.2, 0.25) is 5.88 Å². The van der Waals surface area contributed by atoms with E-state index in [9.17, 15) is 5.11 Å². The molecular weight excluding hydrogens is 278 g/mol. The van der Waals surface area contributed by atoms with Crippen LogP contribution in [-0.2, 0) is 6.54 Å². The molecule has 0 aliphatic carbocycles. The monoisotopic (exact) mass is 301 g/mol. The molecule has 2 unspecified atom stereocenters. The van der Waals surface area contributed by atoms with Gasteiger partial charge in [-0.2, -0.15) is 0 Å². The highest BCUT2D eigenvalue weighted by molar-refractivity contribution is 5.29. The van der Waals surface area contributed by atoms with Crippen LogP contribution in [0.2, 0.25) is 0 Å². The van der Waals surface area contributed by atoms with E-state index < -0.39 is 0 Å². The van der Waals surface area contributed by atoms with Crippen LogP contribution in [-0.4, -0.2) is 27.7 Å². The molecule has 0 bridgehead atoms. The highest BCUT2D eigenvalue weighted by Crippen LogP contribution is 2.18. The first-order valence-corrected chi connectivity index (χ1v) is 7.60. The third kappa shape index (κ3) is 5.09. The Morgan fingerprint density at radius 2 is 2.00 bits per heavy atom. The zero-order chi connectivity index (χ0) is 15.8. The largest absolute Gasteiger partial charge is 0.438 e. The van der Waals surface area contributed by atoms with Crippen molar-refractivity contribution in [2.45, 2.75) is 32.9 Å². The summed E-state index contributed by atoms with van der Waals surface area (Å²) in [5.41, 5.74) is 1.14. The minimum atomic E-state index is -0.302. The summed E-state index contributed by atoms with van der Waals surface area (Å²) in [6.45, 7) is 5.47. The van der Waals surface area contributed by atoms with Crippen LogP contribution in [0, 0.1) is 5.92 Å². The zero-order valence-electron chi connectivity index (χ0n) is 13.1. The standard InChI is InChI=1S/C17H23N3O2/c1-3-13(2)16(21)11-19-10-14-4-6-15(7-5-14)22-17-12-18-8-9-20-17/h4-9,12-13,16,19,21H,3,10-11H2,1-2H3. The molecule has 118 valence electrons. The number of benzene rings is 1. The molecule has 0 radical (unpaired) electrons. The molecule has 0 fully saturated rings. The molecule has 2 aromatic rings. The van der Waals surface area contributed by atoms with E-state index in [2.05, 4.69) is 29.1 Å². The van der Waals surface area contributed by atoms with Gasteiger partial charge in [0.25, 0.3) is 0 Å². The molecule has 2 atom stereocenters. The van der Waals surface area contributed by atoms with Crippen LogP contribution in [0.4, 0.5) is 0 Å². The lowest BCUT2D eigenvalue weighted by Gasteiger charge is -2.17. The molecular formula is C17H23N3O2. The van der Waals surface area contributed by atoms with Crippen LogP contribution in [0.1, 0.15) is 25.8 Å². The predicted molar refractivity (Wildman–Crippen MR) is 85.7 cm³/mol. The Morgan fingerprint density at radius 3 is 2.64 bits per heavy atom. The average molecular weight is 301 g/mol. The second-order valence-corrected chi connectivity index (χ2v) is 5.37. The lowest BCUT2D eigenvalue weighted by atomic mass is 10.0. The van der Waals surface area contributed by atoms with Crippen LogP contribution in [0.25, 0.3) is 0 Å². The van der Waals surface area contributed by atoms with Crippen molar-refractivity contribution in [3.63, 3.8) is 0 Å². The molecule has 0 spiro atoms. The Hall–Kier alpha value is -1.98. The topological polar surface area (TPSA) is 67.3 Å². The number of aliphatic hydroxyl groups is 1. The van der Waals surface area contributed by atoms with Crippen molar-refractivity contribution in [1.82, 2.24) is 15.3 Å². The Kier molecular flexibility index (Phi) is 6.30. The molecule has 1 aromatic carbocycles. The van der Waals surface area contributed by atoms with E-state index in [1.165, 1.54) is 0 Å². The van der Waals surface area contributed by atoms with E-state index in [1.807, 2.05) is 24.3 Å². The molecule has 22 heavy (non-hydrogen) atoms. The summed E-state index contributed by atoms with van der Waals surface area (Å²) in [5.74, 6) is 1.52. The Balaban J connectivity index is 1.79. The van der Waals surface area contributed by atoms with E-state index in [0.29, 0.717) is 18.3 Å². The molecule has 2 N–H and O–H groups in total. The van der Waals surface area contributed by atoms with E-state index in [1.54, 1.807) is 18.6 Å². The fourth-order valence-corrected chi connectivity index (χ4v) is 1.97. The quantitative estimate of drug-likeness (QED) is 0.785. The Morgan fingerprint density at radius 1 is 1.23 bits per heavy atom. The number of hydrogen-bond donors (Lipinski definition) is 2. The predicted octanol–water partition coefficient (Wildman–Crippen LogP) is 2.77. The van der Waals surface area contributed by atoms with Gasteiger partial charge in [-0.1, -0.05) is 32.4 Å². The van der Waals surface area contributed by atoms with Gasteiger partial charge in [0.15, 0.2) is 0 Å². The minimum absolute atomic E-state index is 0.302. The maximum absolute atomic E-state index is 9.91. The Bertz CT molecular complexity index is 546. The molecule has 0 saturated carbocycles. The number of nitrogens with zero attached hydrogens (tertiary/aromatic N) is 2. The third-order valence-electron chi connectivity index (χ3n) is 3.67. The van der Waals surface area contributed by atoms with E-state index in [0.717, 1.165) is 24.3 Å². The van der Waals surface area contributed by atoms with Gasteiger partial charge >= 0.3 is 0 Å². The van der Waals surface area contributed by atoms with Crippen molar-refractivity contribution in [3.05, 3.63) is 48.4 Å². The maximum Gasteiger partial charge on any atom is 0.237 e. The summed E-state index contributed by atoms with van der Waals surface area (Å²) in [6, 6.07) is 7.79. The van der Waals surface area contributed by atoms with Crippen molar-refractivity contribution < 1.29 is 9.84 Å². The maximum atomic E-state index is 9.91. The van der Waals surface area contributed by atoms with Crippen molar-refractivity contribution >= 4 is 0 Å². The molecule has 2 rings (SSSR count). The number of hydrogen-bond acceptors (Lipinski definition) is 5. The van der Waals surface area contributed by atoms with E-state index in [4.69, 9.17) is 4.74 Å². The van der Waals surface area contributed by atoms with Crippen molar-refractivity contribution in [1.29, 1.82) is 0 Å². The lowest BCUT2D eigenvalue weighted by Crippen LogP contribution is -2.31. The molecule has 5 nitrogen and oxygen atoms in total. The normalized spacial score (nSPS) is 13.6. The molecule has 1 heterocycles. The summed E-state index contributed by atoms with van der Waals surface area (Å²) < 4.78 is 5.59. The van der Waals surface area contributed by atoms with Gasteiger partial charge in [-0.25, -0.2) is 4.98 Å². The molecule has 0 amide bonds. The summed E-state index contributed by atoms with van der Waals surface area (Å²) in [7, 11) is 0. The fraction of sp³-hybridized carbons (Fsp3) is 0.412. The van der Waals surface area contributed by atoms with Gasteiger partial charge in [0.1, 0.15) is 5.75 Å². The molecule has 0 aliphatic rings. The lowest BCUT2D eigenvalue weighted by molar-refractivity contribution is 0.113. The smallest absolute Gasteiger partial charge is 0.237 e. The van der Waals surface area contributed by atoms with Crippen LogP contribution in [0.5, 0.6) is 11.6 Å². The number of nitrogens with one attached hydrogen (secondary N) is 1. The number of aliphatic hydroxyl groups excluding tert-OH is 1. The van der Waals surface area contributed by atoms with Crippen molar-refractivity contribution in [3.8, 4) is 11.6 Å². The summed E-state index contributed by atoms with van der Waals surface area (Å²) in [6.07, 6.45) is 5.46. The third-order valence-corrected chi connectivity index (χ3v) is 3.67. The first-order valence-electron chi connectivity index (χ1n) is 7.60. The van der Waals surface area contributed by atoms with Crippen LogP contribution >= 0.6 is 0 Å². The van der Waals surface area contributed by atoms with Gasteiger partial charge in [-0.15, -0.1) is 0 Å². The second kappa shape index (κ2) is 8.46. The highest BCUT2D eigenvalue weighted by atomic mass is 16.5. The minimum Gasteiger partial charge on any atom is -0.438 e. The second-order valence-electron chi connectivity index (χ2n) is 5.37. The van der Waals surface area contributed by atoms with Gasteiger partial charge in [0, 0.05) is 25.5 Å². The van der Waals surface area contributed by atoms with Crippen LogP contribution < -0.4 is 10.1 Å². The molecule has 1 aromatic heterocycles. The van der Waals surface area contributed by atoms with E-state index >= 15 is 0 Å². The van der Waals surface area contributed by atoms with E-state index in [-0.39, 0.29) is 6.10 Å². The Labute approximate surface area is 131 Å². The summed E-state index contributed by atoms with van der Waals surface area (Å²) >= 11 is 0. The highest BCUT2D eigenvalue weighted by Gasteiger charge is 2.11. The van der Waals surface area contributed by atoms with Gasteiger partial charge in [-0.05, 0) is 23.6 Å². The van der Waals surface area contributed by atoms with Gasteiger partial charge in [-0.3, -0.25) is 4.98 Å². The summed E-state index contributed by atoms with van der Waals surface area (Å²) in [5, 5.41) is 13.2. The molecule has 0 saturated heterocycles. The van der Waals surface area contributed by atoms with Gasteiger partial charge in [0.05, 0.1) is 12.3 Å². The van der Waals surface area contributed by atoms with Crippen molar-refractivity contribution in [2.24, 2.45) is 5.92 Å². The first-order chi connectivity index (χ1) is 10.7. The zero-order valence-corrected chi connectivity index (χ0v) is 13.1. The SMILES string of the molecule is CCC(C)C(O)CNCc1ccc(Oc2cnccn2)cc1. The fourth-order valence-electron chi connectivity index (χ4n) is 1.97. The average Bonchev–Trinajstić information content (AvgIpc) is 2.56. The molecule has 5 heteroatoms. The number of rotatable bonds is 8. The number of ether oxygens (including phenoxy) is 1. The van der Waals surface area contributed by atoms with Crippen molar-refractivity contribution in [2.75, 3.05) is 6.54 Å². The number of aromatic nitrogens is 2. The first kappa shape index (κ1) is 16.4. The van der Waals surface area contributed by atoms with Crippen LogP contribution in [0.3, 0.4) is 0 Å².